The largest absolute Gasteiger partial charge is 0.375 e. The van der Waals surface area contributed by atoms with Crippen LogP contribution >= 0.6 is 0 Å². The summed E-state index contributed by atoms with van der Waals surface area (Å²) in [6, 6.07) is 0. The lowest BCUT2D eigenvalue weighted by Crippen LogP contribution is -2.25. The zero-order valence-corrected chi connectivity index (χ0v) is 21.2. The van der Waals surface area contributed by atoms with Gasteiger partial charge in [-0.15, -0.1) is 10.6 Å². The van der Waals surface area contributed by atoms with E-state index in [0.717, 1.165) is 27.1 Å². The van der Waals surface area contributed by atoms with E-state index in [-0.39, 0.29) is 0 Å². The van der Waals surface area contributed by atoms with Gasteiger partial charge in [0.25, 0.3) is 0 Å². The Morgan fingerprint density at radius 1 is 0.643 bits per heavy atom. The van der Waals surface area contributed by atoms with Gasteiger partial charge in [-0.3, -0.25) is 0 Å². The molecule has 0 spiro atoms. The SMILES string of the molecule is C1CCC(OC2CCCCC2)CC1.CCCC(C)C[CH2][Al][CH2]CC(C)CCC. The van der Waals surface area contributed by atoms with Gasteiger partial charge in [-0.25, -0.2) is 0 Å². The van der Waals surface area contributed by atoms with E-state index >= 15 is 0 Å². The summed E-state index contributed by atoms with van der Waals surface area (Å²) < 4.78 is 6.13. The van der Waals surface area contributed by atoms with Crippen molar-refractivity contribution < 1.29 is 4.74 Å². The highest BCUT2D eigenvalue weighted by atomic mass is 27.1. The van der Waals surface area contributed by atoms with Crippen LogP contribution in [0, 0.1) is 11.8 Å². The molecule has 0 aliphatic heterocycles. The third-order valence-corrected chi connectivity index (χ3v) is 8.26. The molecule has 2 aliphatic carbocycles. The predicted molar refractivity (Wildman–Crippen MR) is 128 cm³/mol. The van der Waals surface area contributed by atoms with Gasteiger partial charge in [0.15, 0.2) is 15.2 Å². The molecule has 0 bridgehead atoms. The first-order chi connectivity index (χ1) is 13.7. The first kappa shape index (κ1) is 26.5. The molecule has 0 amide bonds. The van der Waals surface area contributed by atoms with Crippen LogP contribution in [0.2, 0.25) is 10.6 Å². The van der Waals surface area contributed by atoms with Gasteiger partial charge < -0.3 is 4.74 Å². The molecule has 1 radical (unpaired) electrons. The molecular weight excluding hydrogens is 355 g/mol. The van der Waals surface area contributed by atoms with Crippen molar-refractivity contribution in [1.29, 1.82) is 0 Å². The second-order valence-electron chi connectivity index (χ2n) is 9.89. The van der Waals surface area contributed by atoms with Crippen molar-refractivity contribution in [3.63, 3.8) is 0 Å². The van der Waals surface area contributed by atoms with Crippen molar-refractivity contribution in [2.45, 2.75) is 153 Å². The highest BCUT2D eigenvalue weighted by molar-refractivity contribution is 6.35. The molecule has 0 aromatic carbocycles. The second-order valence-corrected chi connectivity index (χ2v) is 11.6. The first-order valence-electron chi connectivity index (χ1n) is 13.1. The topological polar surface area (TPSA) is 9.23 Å². The molecule has 0 saturated heterocycles. The van der Waals surface area contributed by atoms with E-state index in [1.807, 2.05) is 0 Å². The van der Waals surface area contributed by atoms with Gasteiger partial charge in [0.1, 0.15) is 0 Å². The molecule has 0 N–H and O–H groups in total. The van der Waals surface area contributed by atoms with Crippen LogP contribution in [-0.4, -0.2) is 27.4 Å². The lowest BCUT2D eigenvalue weighted by Gasteiger charge is -2.29. The summed E-state index contributed by atoms with van der Waals surface area (Å²) in [5, 5.41) is 3.08. The molecule has 2 saturated carbocycles. The zero-order chi connectivity index (χ0) is 20.5. The molecule has 165 valence electrons. The minimum absolute atomic E-state index is 0.622. The van der Waals surface area contributed by atoms with Gasteiger partial charge in [-0.2, -0.15) is 0 Å². The average Bonchev–Trinajstić information content (AvgIpc) is 2.70. The minimum Gasteiger partial charge on any atom is -0.375 e. The van der Waals surface area contributed by atoms with Crippen LogP contribution in [0.25, 0.3) is 0 Å². The maximum Gasteiger partial charge on any atom is 0.199 e. The Kier molecular flexibility index (Phi) is 17.3. The molecule has 2 fully saturated rings. The van der Waals surface area contributed by atoms with Crippen LogP contribution in [0.4, 0.5) is 0 Å². The normalized spacial score (nSPS) is 20.9. The fraction of sp³-hybridized carbons (Fsp3) is 1.00. The molecule has 2 rings (SSSR count). The minimum atomic E-state index is 0.622. The van der Waals surface area contributed by atoms with E-state index in [9.17, 15) is 0 Å². The van der Waals surface area contributed by atoms with Crippen molar-refractivity contribution in [2.24, 2.45) is 11.8 Å². The molecular formula is C26H52AlO. The van der Waals surface area contributed by atoms with E-state index in [1.165, 1.54) is 103 Å². The molecule has 0 aromatic heterocycles. The standard InChI is InChI=1S/C12H22O.2C7H15.Al/c1-3-7-11(8-4-1)13-12-9-5-2-6-10-12;2*1-4-6-7(3)5-2;/h11-12H,1-10H2;2*7H,2,4-6H2,1,3H3;. The Balaban J connectivity index is 0.000000281. The summed E-state index contributed by atoms with van der Waals surface area (Å²) in [6.45, 7) is 9.44. The van der Waals surface area contributed by atoms with Crippen LogP contribution in [0.1, 0.15) is 130 Å². The Morgan fingerprint density at radius 3 is 1.39 bits per heavy atom. The summed E-state index contributed by atoms with van der Waals surface area (Å²) in [6.07, 6.45) is 23.6. The third-order valence-electron chi connectivity index (χ3n) is 6.78. The summed E-state index contributed by atoms with van der Waals surface area (Å²) in [5.41, 5.74) is 0. The summed E-state index contributed by atoms with van der Waals surface area (Å²) in [7, 11) is 0. The van der Waals surface area contributed by atoms with Gasteiger partial charge in [-0.05, 0) is 37.5 Å². The van der Waals surface area contributed by atoms with Gasteiger partial charge in [0, 0.05) is 0 Å². The lowest BCUT2D eigenvalue weighted by molar-refractivity contribution is -0.0450. The smallest absolute Gasteiger partial charge is 0.199 e. The van der Waals surface area contributed by atoms with Crippen LogP contribution in [0.3, 0.4) is 0 Å². The highest BCUT2D eigenvalue weighted by Crippen LogP contribution is 2.27. The van der Waals surface area contributed by atoms with E-state index < -0.39 is 0 Å². The maximum absolute atomic E-state index is 6.13. The molecule has 2 aliphatic rings. The number of rotatable bonds is 12. The van der Waals surface area contributed by atoms with Gasteiger partial charge >= 0.3 is 0 Å². The molecule has 0 aromatic rings. The summed E-state index contributed by atoms with van der Waals surface area (Å²) >= 11 is 0.759. The van der Waals surface area contributed by atoms with E-state index in [2.05, 4.69) is 27.7 Å². The summed E-state index contributed by atoms with van der Waals surface area (Å²) in [5.74, 6) is 1.96. The van der Waals surface area contributed by atoms with E-state index in [0.29, 0.717) is 12.2 Å². The van der Waals surface area contributed by atoms with Crippen LogP contribution < -0.4 is 0 Å². The second kappa shape index (κ2) is 18.3. The van der Waals surface area contributed by atoms with Crippen LogP contribution in [0.5, 0.6) is 0 Å². The monoisotopic (exact) mass is 407 g/mol. The Bertz CT molecular complexity index is 290. The third kappa shape index (κ3) is 14.5. The van der Waals surface area contributed by atoms with Crippen molar-refractivity contribution >= 4 is 15.2 Å². The van der Waals surface area contributed by atoms with Crippen molar-refractivity contribution in [2.75, 3.05) is 0 Å². The van der Waals surface area contributed by atoms with Crippen molar-refractivity contribution in [1.82, 2.24) is 0 Å². The Hall–Kier alpha value is 0.492. The fourth-order valence-electron chi connectivity index (χ4n) is 4.90. The number of hydrogen-bond donors (Lipinski definition) is 0. The summed E-state index contributed by atoms with van der Waals surface area (Å²) in [4.78, 5) is 0. The lowest BCUT2D eigenvalue weighted by atomic mass is 9.95. The zero-order valence-electron chi connectivity index (χ0n) is 20.0. The quantitative estimate of drug-likeness (QED) is 0.232. The number of ether oxygens (including phenoxy) is 1. The molecule has 2 heteroatoms. The van der Waals surface area contributed by atoms with Crippen molar-refractivity contribution in [3.05, 3.63) is 0 Å². The number of hydrogen-bond acceptors (Lipinski definition) is 1. The van der Waals surface area contributed by atoms with Crippen molar-refractivity contribution in [3.8, 4) is 0 Å². The predicted octanol–water partition coefficient (Wildman–Crippen LogP) is 8.85. The molecule has 1 nitrogen and oxygen atoms in total. The maximum atomic E-state index is 6.13. The fourth-order valence-corrected chi connectivity index (χ4v) is 6.80. The molecule has 0 heterocycles. The molecule has 28 heavy (non-hydrogen) atoms. The average molecular weight is 408 g/mol. The molecule has 2 unspecified atom stereocenters. The Morgan fingerprint density at radius 2 is 1.04 bits per heavy atom. The van der Waals surface area contributed by atoms with Crippen LogP contribution in [0.15, 0.2) is 0 Å². The first-order valence-corrected chi connectivity index (χ1v) is 14.8. The molecule has 2 atom stereocenters. The van der Waals surface area contributed by atoms with Crippen LogP contribution in [-0.2, 0) is 4.74 Å². The van der Waals surface area contributed by atoms with E-state index in [1.54, 1.807) is 10.6 Å². The van der Waals surface area contributed by atoms with Gasteiger partial charge in [0.05, 0.1) is 12.2 Å². The van der Waals surface area contributed by atoms with Gasteiger partial charge in [-0.1, -0.05) is 105 Å². The Labute approximate surface area is 184 Å². The van der Waals surface area contributed by atoms with Gasteiger partial charge in [0.2, 0.25) is 0 Å². The van der Waals surface area contributed by atoms with E-state index in [4.69, 9.17) is 4.74 Å². The highest BCUT2D eigenvalue weighted by Gasteiger charge is 2.20.